The first-order valence-corrected chi connectivity index (χ1v) is 11.0. The first kappa shape index (κ1) is 22.5. The van der Waals surface area contributed by atoms with E-state index in [1.54, 1.807) is 18.2 Å². The number of hydrogen-bond acceptors (Lipinski definition) is 5. The number of nitrogens with one attached hydrogen (secondary N) is 1. The third-order valence-electron chi connectivity index (χ3n) is 5.68. The number of rotatable bonds is 8. The van der Waals surface area contributed by atoms with E-state index >= 15 is 0 Å². The van der Waals surface area contributed by atoms with E-state index in [1.165, 1.54) is 17.2 Å². The Morgan fingerprint density at radius 3 is 2.03 bits per heavy atom. The van der Waals surface area contributed by atoms with Gasteiger partial charge in [-0.2, -0.15) is 0 Å². The Bertz CT molecular complexity index is 1030. The summed E-state index contributed by atoms with van der Waals surface area (Å²) in [4.78, 5) is 26.1. The average molecular weight is 445 g/mol. The zero-order chi connectivity index (χ0) is 23.0. The van der Waals surface area contributed by atoms with Crippen LogP contribution in [-0.4, -0.2) is 54.5 Å². The van der Waals surface area contributed by atoms with Gasteiger partial charge >= 0.3 is 0 Å². The highest BCUT2D eigenvalue weighted by molar-refractivity contribution is 5.93. The number of amides is 2. The van der Waals surface area contributed by atoms with Gasteiger partial charge in [0.05, 0.1) is 6.04 Å². The van der Waals surface area contributed by atoms with Crippen LogP contribution >= 0.6 is 0 Å². The normalized spacial score (nSPS) is 14.7. The number of nitrogens with two attached hydrogens (primary N) is 1. The topological polar surface area (TPSA) is 87.9 Å². The van der Waals surface area contributed by atoms with E-state index in [-0.39, 0.29) is 18.6 Å². The maximum Gasteiger partial charge on any atom is 0.272 e. The van der Waals surface area contributed by atoms with Gasteiger partial charge in [0.25, 0.3) is 5.91 Å². The highest BCUT2D eigenvalue weighted by Crippen LogP contribution is 2.29. The van der Waals surface area contributed by atoms with Gasteiger partial charge < -0.3 is 10.5 Å². The van der Waals surface area contributed by atoms with Gasteiger partial charge in [-0.05, 0) is 29.3 Å². The minimum atomic E-state index is -0.535. The molecule has 170 valence electrons. The Labute approximate surface area is 193 Å². The lowest BCUT2D eigenvalue weighted by molar-refractivity contribution is -0.129. The van der Waals surface area contributed by atoms with Crippen molar-refractivity contribution in [3.8, 4) is 5.75 Å². The highest BCUT2D eigenvalue weighted by atomic mass is 16.5. The van der Waals surface area contributed by atoms with Crippen molar-refractivity contribution in [2.75, 3.05) is 32.8 Å². The zero-order valence-corrected chi connectivity index (χ0v) is 18.4. The van der Waals surface area contributed by atoms with Gasteiger partial charge in [-0.3, -0.25) is 19.9 Å². The molecule has 0 radical (unpaired) electrons. The molecule has 3 aromatic rings. The molecule has 1 saturated heterocycles. The number of hydrazine groups is 1. The fourth-order valence-electron chi connectivity index (χ4n) is 4.07. The summed E-state index contributed by atoms with van der Waals surface area (Å²) in [5.41, 5.74) is 11.1. The number of ether oxygens (including phenoxy) is 1. The average Bonchev–Trinajstić information content (AvgIpc) is 2.85. The number of nitrogens with zero attached hydrogens (tertiary/aromatic N) is 2. The van der Waals surface area contributed by atoms with Crippen molar-refractivity contribution < 1.29 is 14.3 Å². The molecule has 4 rings (SSSR count). The number of benzene rings is 3. The van der Waals surface area contributed by atoms with Gasteiger partial charge in [0.15, 0.2) is 6.61 Å². The van der Waals surface area contributed by atoms with Gasteiger partial charge in [0.2, 0.25) is 5.91 Å². The van der Waals surface area contributed by atoms with Crippen LogP contribution < -0.4 is 15.9 Å². The highest BCUT2D eigenvalue weighted by Gasteiger charge is 2.26. The molecule has 0 bridgehead atoms. The lowest BCUT2D eigenvalue weighted by atomic mass is 9.96. The van der Waals surface area contributed by atoms with Crippen LogP contribution in [0.25, 0.3) is 0 Å². The molecule has 0 aromatic heterocycles. The van der Waals surface area contributed by atoms with E-state index in [2.05, 4.69) is 58.9 Å². The van der Waals surface area contributed by atoms with Crippen LogP contribution in [0.1, 0.15) is 27.5 Å². The van der Waals surface area contributed by atoms with E-state index in [0.717, 1.165) is 13.1 Å². The SMILES string of the molecule is NC(=O)c1cccc(OCC(=O)NN2CCN(C(c3ccccc3)c3ccccc3)CC2)c1. The maximum atomic E-state index is 12.4. The predicted octanol–water partition coefficient (Wildman–Crippen LogP) is 2.60. The van der Waals surface area contributed by atoms with Crippen molar-refractivity contribution in [2.24, 2.45) is 5.73 Å². The van der Waals surface area contributed by atoms with Crippen molar-refractivity contribution in [3.63, 3.8) is 0 Å². The summed E-state index contributed by atoms with van der Waals surface area (Å²) in [6.07, 6.45) is 0. The Kier molecular flexibility index (Phi) is 7.34. The summed E-state index contributed by atoms with van der Waals surface area (Å²) < 4.78 is 5.52. The minimum absolute atomic E-state index is 0.140. The van der Waals surface area contributed by atoms with Crippen LogP contribution in [0.2, 0.25) is 0 Å². The number of piperazine rings is 1. The minimum Gasteiger partial charge on any atom is -0.484 e. The third-order valence-corrected chi connectivity index (χ3v) is 5.68. The molecule has 2 amide bonds. The first-order valence-electron chi connectivity index (χ1n) is 11.0. The smallest absolute Gasteiger partial charge is 0.272 e. The van der Waals surface area contributed by atoms with E-state index in [1.807, 2.05) is 17.1 Å². The Morgan fingerprint density at radius 2 is 1.45 bits per heavy atom. The molecular formula is C26H28N4O3. The molecule has 3 N–H and O–H groups in total. The van der Waals surface area contributed by atoms with E-state index in [9.17, 15) is 9.59 Å². The lowest BCUT2D eigenvalue weighted by Crippen LogP contribution is -2.55. The van der Waals surface area contributed by atoms with Crippen LogP contribution in [0.3, 0.4) is 0 Å². The third kappa shape index (κ3) is 5.97. The second-order valence-corrected chi connectivity index (χ2v) is 7.96. The van der Waals surface area contributed by atoms with E-state index < -0.39 is 5.91 Å². The van der Waals surface area contributed by atoms with Crippen molar-refractivity contribution >= 4 is 11.8 Å². The number of carbonyl (C=O) groups excluding carboxylic acids is 2. The molecule has 0 atom stereocenters. The van der Waals surface area contributed by atoms with Crippen LogP contribution in [0, 0.1) is 0 Å². The molecule has 1 fully saturated rings. The molecular weight excluding hydrogens is 416 g/mol. The Balaban J connectivity index is 1.32. The monoisotopic (exact) mass is 444 g/mol. The van der Waals surface area contributed by atoms with Gasteiger partial charge in [0, 0.05) is 31.7 Å². The number of primary amides is 1. The fourth-order valence-corrected chi connectivity index (χ4v) is 4.07. The summed E-state index contributed by atoms with van der Waals surface area (Å²) in [6.45, 7) is 2.91. The quantitative estimate of drug-likeness (QED) is 0.558. The van der Waals surface area contributed by atoms with Crippen LogP contribution in [-0.2, 0) is 4.79 Å². The summed E-state index contributed by atoms with van der Waals surface area (Å²) in [7, 11) is 0. The van der Waals surface area contributed by atoms with E-state index in [4.69, 9.17) is 10.5 Å². The number of carbonyl (C=O) groups is 2. The summed E-state index contributed by atoms with van der Waals surface area (Å²) in [5.74, 6) is -0.345. The summed E-state index contributed by atoms with van der Waals surface area (Å²) in [6, 6.07) is 27.7. The fraction of sp³-hybridized carbons (Fsp3) is 0.231. The second-order valence-electron chi connectivity index (χ2n) is 7.96. The molecule has 3 aromatic carbocycles. The van der Waals surface area contributed by atoms with Crippen molar-refractivity contribution in [3.05, 3.63) is 102 Å². The zero-order valence-electron chi connectivity index (χ0n) is 18.4. The van der Waals surface area contributed by atoms with Crippen LogP contribution in [0.4, 0.5) is 0 Å². The molecule has 0 unspecified atom stereocenters. The summed E-state index contributed by atoms with van der Waals surface area (Å²) >= 11 is 0. The predicted molar refractivity (Wildman–Crippen MR) is 126 cm³/mol. The van der Waals surface area contributed by atoms with Gasteiger partial charge in [-0.1, -0.05) is 66.7 Å². The molecule has 0 aliphatic carbocycles. The largest absolute Gasteiger partial charge is 0.484 e. The van der Waals surface area contributed by atoms with E-state index in [0.29, 0.717) is 24.4 Å². The molecule has 1 heterocycles. The van der Waals surface area contributed by atoms with Crippen LogP contribution in [0.15, 0.2) is 84.9 Å². The van der Waals surface area contributed by atoms with Gasteiger partial charge in [-0.15, -0.1) is 0 Å². The molecule has 7 nitrogen and oxygen atoms in total. The van der Waals surface area contributed by atoms with Crippen molar-refractivity contribution in [1.82, 2.24) is 15.3 Å². The van der Waals surface area contributed by atoms with Gasteiger partial charge in [0.1, 0.15) is 5.75 Å². The molecule has 33 heavy (non-hydrogen) atoms. The molecule has 7 heteroatoms. The molecule has 1 aliphatic heterocycles. The van der Waals surface area contributed by atoms with Crippen molar-refractivity contribution in [1.29, 1.82) is 0 Å². The molecule has 1 aliphatic rings. The van der Waals surface area contributed by atoms with Crippen LogP contribution in [0.5, 0.6) is 5.75 Å². The first-order chi connectivity index (χ1) is 16.1. The second kappa shape index (κ2) is 10.8. The summed E-state index contributed by atoms with van der Waals surface area (Å²) in [5, 5.41) is 1.93. The Hall–Kier alpha value is -3.68. The standard InChI is InChI=1S/C26H28N4O3/c27-26(32)22-12-7-13-23(18-22)33-19-24(31)28-30-16-14-29(15-17-30)25(20-8-3-1-4-9-20)21-10-5-2-6-11-21/h1-13,18,25H,14-17,19H2,(H2,27,32)(H,28,31). The number of hydrogen-bond donors (Lipinski definition) is 2. The lowest BCUT2D eigenvalue weighted by Gasteiger charge is -2.39. The Morgan fingerprint density at radius 1 is 0.848 bits per heavy atom. The molecule has 0 saturated carbocycles. The maximum absolute atomic E-state index is 12.4. The van der Waals surface area contributed by atoms with Crippen molar-refractivity contribution in [2.45, 2.75) is 6.04 Å². The van der Waals surface area contributed by atoms with Gasteiger partial charge in [-0.25, -0.2) is 5.01 Å². The molecule has 0 spiro atoms.